The van der Waals surface area contributed by atoms with Crippen LogP contribution in [0.3, 0.4) is 0 Å². The zero-order valence-corrected chi connectivity index (χ0v) is 21.2. The van der Waals surface area contributed by atoms with Gasteiger partial charge in [-0.2, -0.15) is 13.2 Å². The highest BCUT2D eigenvalue weighted by molar-refractivity contribution is 8.04. The standard InChI is InChI=1S/C29H18F3NO3S2/c30-29(31,32)18-6-4-8-20(15-18)36-19-7-3-5-17(13-19)14-24-26(34)23-11-12-37-25(23)16-33-27(35)21-9-1-2-10-22(21)28(33)38-24/h1-15,28H,16H2/b24-14-/t28-/m0/s1. The average Bonchev–Trinajstić information content (AvgIpc) is 3.45. The molecule has 0 saturated heterocycles. The van der Waals surface area contributed by atoms with Crippen molar-refractivity contribution in [2.75, 3.05) is 0 Å². The van der Waals surface area contributed by atoms with Crippen molar-refractivity contribution in [1.82, 2.24) is 4.90 Å². The summed E-state index contributed by atoms with van der Waals surface area (Å²) in [6.07, 6.45) is -2.74. The zero-order valence-electron chi connectivity index (χ0n) is 19.6. The Kier molecular flexibility index (Phi) is 6.12. The molecule has 0 bridgehead atoms. The summed E-state index contributed by atoms with van der Waals surface area (Å²) in [6, 6.07) is 20.7. The number of halogens is 3. The molecule has 0 saturated carbocycles. The van der Waals surface area contributed by atoms with E-state index in [0.717, 1.165) is 22.6 Å². The molecule has 0 spiro atoms. The maximum absolute atomic E-state index is 13.6. The van der Waals surface area contributed by atoms with E-state index < -0.39 is 11.7 Å². The fraction of sp³-hybridized carbons (Fsp3) is 0.103. The molecule has 4 aromatic rings. The molecule has 1 atom stereocenters. The Morgan fingerprint density at radius 3 is 2.47 bits per heavy atom. The topological polar surface area (TPSA) is 46.6 Å². The van der Waals surface area contributed by atoms with E-state index in [2.05, 4.69) is 0 Å². The van der Waals surface area contributed by atoms with Gasteiger partial charge < -0.3 is 9.64 Å². The van der Waals surface area contributed by atoms with Crippen LogP contribution >= 0.6 is 23.1 Å². The van der Waals surface area contributed by atoms with Crippen LogP contribution < -0.4 is 4.74 Å². The van der Waals surface area contributed by atoms with E-state index in [9.17, 15) is 22.8 Å². The number of fused-ring (bicyclic) bond motifs is 4. The predicted octanol–water partition coefficient (Wildman–Crippen LogP) is 8.18. The molecule has 0 N–H and O–H groups in total. The minimum atomic E-state index is -4.48. The van der Waals surface area contributed by atoms with Crippen molar-refractivity contribution in [3.8, 4) is 11.5 Å². The summed E-state index contributed by atoms with van der Waals surface area (Å²) in [5.41, 5.74) is 1.91. The molecule has 0 unspecified atom stereocenters. The molecule has 0 aliphatic carbocycles. The first-order chi connectivity index (χ1) is 18.3. The van der Waals surface area contributed by atoms with E-state index in [1.54, 1.807) is 47.4 Å². The zero-order chi connectivity index (χ0) is 26.4. The molecule has 9 heteroatoms. The Labute approximate surface area is 224 Å². The minimum Gasteiger partial charge on any atom is -0.457 e. The normalized spacial score (nSPS) is 18.0. The van der Waals surface area contributed by atoms with E-state index in [1.807, 2.05) is 23.6 Å². The van der Waals surface area contributed by atoms with Gasteiger partial charge in [-0.15, -0.1) is 11.3 Å². The molecule has 0 radical (unpaired) electrons. The molecule has 2 aliphatic rings. The fourth-order valence-corrected chi connectivity index (χ4v) is 6.70. The van der Waals surface area contributed by atoms with Crippen LogP contribution in [0.1, 0.15) is 47.7 Å². The molecule has 190 valence electrons. The third-order valence-electron chi connectivity index (χ3n) is 6.32. The minimum absolute atomic E-state index is 0.0562. The Morgan fingerprint density at radius 2 is 1.66 bits per heavy atom. The highest BCUT2D eigenvalue weighted by Crippen LogP contribution is 2.48. The van der Waals surface area contributed by atoms with Gasteiger partial charge in [-0.3, -0.25) is 9.59 Å². The molecular weight excluding hydrogens is 531 g/mol. The number of amides is 1. The number of allylic oxidation sites excluding steroid dienone is 1. The number of Topliss-reactive ketones (excluding diaryl/α,β-unsaturated/α-hetero) is 1. The molecule has 38 heavy (non-hydrogen) atoms. The number of thioether (sulfide) groups is 1. The SMILES string of the molecule is O=C1/C(=C/c2cccc(Oc3cccc(C(F)(F)F)c3)c2)S[C@H]2c3ccccc3C(=O)N2Cc2sccc21. The lowest BCUT2D eigenvalue weighted by atomic mass is 10.1. The molecular formula is C29H18F3NO3S2. The largest absolute Gasteiger partial charge is 0.457 e. The lowest BCUT2D eigenvalue weighted by molar-refractivity contribution is -0.137. The lowest BCUT2D eigenvalue weighted by Gasteiger charge is -2.28. The summed E-state index contributed by atoms with van der Waals surface area (Å²) < 4.78 is 45.0. The van der Waals surface area contributed by atoms with Crippen LogP contribution in [0.4, 0.5) is 13.2 Å². The Hall–Kier alpha value is -3.82. The number of hydrogen-bond donors (Lipinski definition) is 0. The third-order valence-corrected chi connectivity index (χ3v) is 8.52. The molecule has 6 rings (SSSR count). The molecule has 1 aromatic heterocycles. The number of nitrogens with zero attached hydrogens (tertiary/aromatic N) is 1. The number of ether oxygens (including phenoxy) is 1. The first-order valence-corrected chi connectivity index (χ1v) is 13.4. The van der Waals surface area contributed by atoms with Crippen LogP contribution in [-0.4, -0.2) is 16.6 Å². The van der Waals surface area contributed by atoms with E-state index >= 15 is 0 Å². The van der Waals surface area contributed by atoms with Crippen molar-refractivity contribution in [3.63, 3.8) is 0 Å². The average molecular weight is 550 g/mol. The summed E-state index contributed by atoms with van der Waals surface area (Å²) in [6.45, 7) is 0.359. The van der Waals surface area contributed by atoms with Gasteiger partial charge in [0.25, 0.3) is 5.91 Å². The van der Waals surface area contributed by atoms with Crippen molar-refractivity contribution in [1.29, 1.82) is 0 Å². The van der Waals surface area contributed by atoms with E-state index in [1.165, 1.54) is 35.2 Å². The number of benzene rings is 3. The fourth-order valence-electron chi connectivity index (χ4n) is 4.54. The van der Waals surface area contributed by atoms with Crippen LogP contribution in [0.5, 0.6) is 11.5 Å². The number of hydrogen-bond acceptors (Lipinski definition) is 5. The molecule has 1 amide bonds. The van der Waals surface area contributed by atoms with Crippen LogP contribution in [0.15, 0.2) is 89.1 Å². The molecule has 2 aliphatic heterocycles. The van der Waals surface area contributed by atoms with Crippen molar-refractivity contribution >= 4 is 40.9 Å². The Morgan fingerprint density at radius 1 is 0.895 bits per heavy atom. The highest BCUT2D eigenvalue weighted by Gasteiger charge is 2.40. The van der Waals surface area contributed by atoms with Gasteiger partial charge in [-0.1, -0.05) is 48.2 Å². The van der Waals surface area contributed by atoms with Crippen molar-refractivity contribution in [3.05, 3.63) is 122 Å². The molecule has 0 fully saturated rings. The van der Waals surface area contributed by atoms with E-state index in [-0.39, 0.29) is 22.8 Å². The van der Waals surface area contributed by atoms with Crippen molar-refractivity contribution < 1.29 is 27.5 Å². The second kappa shape index (κ2) is 9.49. The Bertz CT molecular complexity index is 1610. The third kappa shape index (κ3) is 4.52. The first kappa shape index (κ1) is 24.5. The molecule has 3 aromatic carbocycles. The second-order valence-corrected chi connectivity index (χ2v) is 10.9. The van der Waals surface area contributed by atoms with Gasteiger partial charge in [-0.25, -0.2) is 0 Å². The van der Waals surface area contributed by atoms with Crippen LogP contribution in [0.25, 0.3) is 6.08 Å². The monoisotopic (exact) mass is 549 g/mol. The summed E-state index contributed by atoms with van der Waals surface area (Å²) in [5, 5.41) is 1.50. The lowest BCUT2D eigenvalue weighted by Crippen LogP contribution is -2.28. The number of carbonyl (C=O) groups is 2. The summed E-state index contributed by atoms with van der Waals surface area (Å²) in [4.78, 5) is 29.9. The van der Waals surface area contributed by atoms with Gasteiger partial charge in [0.05, 0.1) is 17.0 Å². The Balaban J connectivity index is 1.36. The smallest absolute Gasteiger partial charge is 0.416 e. The maximum atomic E-state index is 13.6. The summed E-state index contributed by atoms with van der Waals surface area (Å²) in [7, 11) is 0. The first-order valence-electron chi connectivity index (χ1n) is 11.6. The summed E-state index contributed by atoms with van der Waals surface area (Å²) >= 11 is 2.77. The van der Waals surface area contributed by atoms with Crippen molar-refractivity contribution in [2.45, 2.75) is 18.1 Å². The van der Waals surface area contributed by atoms with Crippen molar-refractivity contribution in [2.24, 2.45) is 0 Å². The van der Waals surface area contributed by atoms with Crippen LogP contribution in [0.2, 0.25) is 0 Å². The number of thiophene rings is 1. The quantitative estimate of drug-likeness (QED) is 0.242. The number of ketones is 1. The van der Waals surface area contributed by atoms with Gasteiger partial charge in [0.2, 0.25) is 5.78 Å². The molecule has 3 heterocycles. The molecule has 4 nitrogen and oxygen atoms in total. The van der Waals surface area contributed by atoms with Gasteiger partial charge in [0.15, 0.2) is 0 Å². The summed E-state index contributed by atoms with van der Waals surface area (Å²) in [5.74, 6) is 0.191. The highest BCUT2D eigenvalue weighted by atomic mass is 32.2. The van der Waals surface area contributed by atoms with Crippen LogP contribution in [-0.2, 0) is 12.7 Å². The number of alkyl halides is 3. The second-order valence-electron chi connectivity index (χ2n) is 8.79. The van der Waals surface area contributed by atoms with Crippen LogP contribution in [0, 0.1) is 0 Å². The van der Waals surface area contributed by atoms with Gasteiger partial charge in [0.1, 0.15) is 16.9 Å². The van der Waals surface area contributed by atoms with Gasteiger partial charge in [-0.05, 0) is 65.0 Å². The maximum Gasteiger partial charge on any atom is 0.416 e. The van der Waals surface area contributed by atoms with E-state index in [4.69, 9.17) is 4.74 Å². The number of rotatable bonds is 3. The van der Waals surface area contributed by atoms with Gasteiger partial charge >= 0.3 is 6.18 Å². The number of carbonyl (C=O) groups excluding carboxylic acids is 2. The predicted molar refractivity (Wildman–Crippen MR) is 141 cm³/mol. The van der Waals surface area contributed by atoms with Gasteiger partial charge in [0, 0.05) is 16.0 Å². The van der Waals surface area contributed by atoms with E-state index in [0.29, 0.717) is 33.9 Å².